The number of rotatable bonds is 9. The van der Waals surface area contributed by atoms with E-state index >= 15 is 0 Å². The van der Waals surface area contributed by atoms with E-state index in [0.717, 1.165) is 41.6 Å². The number of benzene rings is 2. The maximum absolute atomic E-state index is 12.7. The minimum atomic E-state index is -3.55. The van der Waals surface area contributed by atoms with Crippen molar-refractivity contribution < 1.29 is 13.2 Å². The Morgan fingerprint density at radius 1 is 1.09 bits per heavy atom. The highest BCUT2D eigenvalue weighted by molar-refractivity contribution is 7.89. The molecule has 0 fully saturated rings. The number of sulfonamides is 1. The summed E-state index contributed by atoms with van der Waals surface area (Å²) in [5.74, 6) is 0.650. The van der Waals surface area contributed by atoms with Gasteiger partial charge in [0.2, 0.25) is 15.9 Å². The first-order valence-corrected chi connectivity index (χ1v) is 12.8. The lowest BCUT2D eigenvalue weighted by molar-refractivity contribution is -0.116. The fourth-order valence-corrected chi connectivity index (χ4v) is 4.80. The number of imidazole rings is 1. The van der Waals surface area contributed by atoms with Crippen LogP contribution < -0.4 is 5.32 Å². The summed E-state index contributed by atoms with van der Waals surface area (Å²) in [6, 6.07) is 14.7. The van der Waals surface area contributed by atoms with Crippen molar-refractivity contribution in [2.75, 3.05) is 19.4 Å². The van der Waals surface area contributed by atoms with Gasteiger partial charge in [-0.1, -0.05) is 31.5 Å². The molecule has 2 aromatic heterocycles. The van der Waals surface area contributed by atoms with Crippen LogP contribution in [0.5, 0.6) is 0 Å². The van der Waals surface area contributed by atoms with Gasteiger partial charge in [-0.2, -0.15) is 0 Å². The van der Waals surface area contributed by atoms with E-state index in [4.69, 9.17) is 4.98 Å². The molecule has 2 heterocycles. The molecule has 4 rings (SSSR count). The first-order chi connectivity index (χ1) is 16.3. The molecule has 0 radical (unpaired) electrons. The van der Waals surface area contributed by atoms with E-state index in [0.29, 0.717) is 17.6 Å². The van der Waals surface area contributed by atoms with Gasteiger partial charge >= 0.3 is 0 Å². The number of carbonyl (C=O) groups excluding carboxylic acids is 1. The molecule has 0 unspecified atom stereocenters. The van der Waals surface area contributed by atoms with Gasteiger partial charge in [0.1, 0.15) is 5.82 Å². The topological polar surface area (TPSA) is 97.2 Å². The summed E-state index contributed by atoms with van der Waals surface area (Å²) in [7, 11) is -0.534. The zero-order valence-corrected chi connectivity index (χ0v) is 20.5. The largest absolute Gasteiger partial charge is 0.328 e. The Kier molecular flexibility index (Phi) is 6.95. The number of carbonyl (C=O) groups is 1. The highest BCUT2D eigenvalue weighted by atomic mass is 32.2. The molecule has 0 atom stereocenters. The number of pyridine rings is 1. The van der Waals surface area contributed by atoms with Crippen LogP contribution in [-0.4, -0.2) is 47.3 Å². The quantitative estimate of drug-likeness (QED) is 0.388. The molecule has 0 aliphatic carbocycles. The number of anilines is 1. The average molecular weight is 480 g/mol. The van der Waals surface area contributed by atoms with Gasteiger partial charge in [0.15, 0.2) is 0 Å². The Hall–Kier alpha value is -3.30. The first-order valence-electron chi connectivity index (χ1n) is 11.4. The molecule has 1 amide bonds. The van der Waals surface area contributed by atoms with Gasteiger partial charge in [-0.3, -0.25) is 9.78 Å². The number of aryl methyl sites for hydroxylation is 2. The van der Waals surface area contributed by atoms with Crippen LogP contribution in [0.1, 0.15) is 32.0 Å². The number of hydrogen-bond acceptors (Lipinski definition) is 5. The van der Waals surface area contributed by atoms with Crippen molar-refractivity contribution in [3.05, 3.63) is 60.6 Å². The summed E-state index contributed by atoms with van der Waals surface area (Å²) < 4.78 is 28.4. The van der Waals surface area contributed by atoms with Gasteiger partial charge in [-0.25, -0.2) is 17.7 Å². The van der Waals surface area contributed by atoms with Gasteiger partial charge in [-0.15, -0.1) is 0 Å². The van der Waals surface area contributed by atoms with E-state index in [-0.39, 0.29) is 17.2 Å². The maximum atomic E-state index is 12.7. The summed E-state index contributed by atoms with van der Waals surface area (Å²) in [4.78, 5) is 22.0. The highest BCUT2D eigenvalue weighted by Gasteiger charge is 2.20. The van der Waals surface area contributed by atoms with Crippen LogP contribution in [0.15, 0.2) is 59.6 Å². The van der Waals surface area contributed by atoms with Crippen LogP contribution in [-0.2, 0) is 27.8 Å². The molecule has 178 valence electrons. The summed E-state index contributed by atoms with van der Waals surface area (Å²) in [6.45, 7) is 2.88. The Bertz CT molecular complexity index is 1440. The monoisotopic (exact) mass is 479 g/mol. The zero-order chi connectivity index (χ0) is 24.3. The lowest BCUT2D eigenvalue weighted by atomic mass is 10.2. The van der Waals surface area contributed by atoms with Crippen molar-refractivity contribution in [3.63, 3.8) is 0 Å². The Morgan fingerprint density at radius 2 is 1.88 bits per heavy atom. The van der Waals surface area contributed by atoms with E-state index in [1.807, 2.05) is 30.3 Å². The normalized spacial score (nSPS) is 12.0. The van der Waals surface area contributed by atoms with Crippen molar-refractivity contribution >= 4 is 43.6 Å². The molecule has 34 heavy (non-hydrogen) atoms. The molecule has 8 nitrogen and oxygen atoms in total. The van der Waals surface area contributed by atoms with E-state index in [9.17, 15) is 13.2 Å². The van der Waals surface area contributed by atoms with Crippen LogP contribution in [0.4, 0.5) is 5.69 Å². The molecule has 4 aromatic rings. The minimum absolute atomic E-state index is 0.123. The third kappa shape index (κ3) is 4.95. The third-order valence-corrected chi connectivity index (χ3v) is 7.57. The molecule has 0 aliphatic rings. The maximum Gasteiger partial charge on any atom is 0.242 e. The van der Waals surface area contributed by atoms with Crippen LogP contribution in [0, 0.1) is 0 Å². The first kappa shape index (κ1) is 23.8. The molecule has 0 aliphatic heterocycles. The lowest BCUT2D eigenvalue weighted by Gasteiger charge is -2.11. The number of para-hydroxylation sites is 1. The second-order valence-electron chi connectivity index (χ2n) is 8.44. The standard InChI is InChI=1S/C25H29N5O3S/c1-4-5-14-30-23-11-10-20(34(32,33)29(2)3)16-22(23)28-24(30)12-13-25(31)27-19-15-18-8-6-7-9-21(18)26-17-19/h6-11,15-17H,4-5,12-14H2,1-3H3,(H,27,31). The Labute approximate surface area is 199 Å². The molecule has 0 saturated carbocycles. The predicted molar refractivity (Wildman–Crippen MR) is 134 cm³/mol. The second-order valence-corrected chi connectivity index (χ2v) is 10.6. The molecule has 1 N–H and O–H groups in total. The smallest absolute Gasteiger partial charge is 0.242 e. The molecular weight excluding hydrogens is 450 g/mol. The third-order valence-electron chi connectivity index (χ3n) is 5.76. The summed E-state index contributed by atoms with van der Waals surface area (Å²) in [5, 5.41) is 3.88. The summed E-state index contributed by atoms with van der Waals surface area (Å²) >= 11 is 0. The summed E-state index contributed by atoms with van der Waals surface area (Å²) in [5.41, 5.74) is 3.02. The number of aromatic nitrogens is 3. The number of amides is 1. The number of fused-ring (bicyclic) bond motifs is 2. The highest BCUT2D eigenvalue weighted by Crippen LogP contribution is 2.24. The van der Waals surface area contributed by atoms with Gasteiger partial charge in [0.25, 0.3) is 0 Å². The molecule has 0 saturated heterocycles. The van der Waals surface area contributed by atoms with Gasteiger partial charge in [-0.05, 0) is 36.8 Å². The van der Waals surface area contributed by atoms with Gasteiger partial charge in [0.05, 0.1) is 33.3 Å². The minimum Gasteiger partial charge on any atom is -0.328 e. The van der Waals surface area contributed by atoms with E-state index in [1.165, 1.54) is 18.4 Å². The number of nitrogens with one attached hydrogen (secondary N) is 1. The van der Waals surface area contributed by atoms with Crippen molar-refractivity contribution in [1.29, 1.82) is 0 Å². The predicted octanol–water partition coefficient (Wildman–Crippen LogP) is 4.21. The van der Waals surface area contributed by atoms with E-state index in [1.54, 1.807) is 24.4 Å². The Morgan fingerprint density at radius 3 is 2.65 bits per heavy atom. The lowest BCUT2D eigenvalue weighted by Crippen LogP contribution is -2.22. The van der Waals surface area contributed by atoms with Crippen molar-refractivity contribution in [2.24, 2.45) is 0 Å². The molecule has 0 spiro atoms. The van der Waals surface area contributed by atoms with Crippen LogP contribution in [0.3, 0.4) is 0 Å². The second kappa shape index (κ2) is 9.90. The molecule has 9 heteroatoms. The zero-order valence-electron chi connectivity index (χ0n) is 19.7. The average Bonchev–Trinajstić information content (AvgIpc) is 3.17. The summed E-state index contributed by atoms with van der Waals surface area (Å²) in [6.07, 6.45) is 4.34. The fourth-order valence-electron chi connectivity index (χ4n) is 3.88. The number of hydrogen-bond donors (Lipinski definition) is 1. The Balaban J connectivity index is 1.54. The van der Waals surface area contributed by atoms with Crippen molar-refractivity contribution in [1.82, 2.24) is 18.8 Å². The van der Waals surface area contributed by atoms with E-state index < -0.39 is 10.0 Å². The van der Waals surface area contributed by atoms with Gasteiger partial charge in [0, 0.05) is 38.9 Å². The van der Waals surface area contributed by atoms with Crippen molar-refractivity contribution in [2.45, 2.75) is 44.0 Å². The molecule has 0 bridgehead atoms. The fraction of sp³-hybridized carbons (Fsp3) is 0.320. The molecule has 2 aromatic carbocycles. The van der Waals surface area contributed by atoms with Crippen molar-refractivity contribution in [3.8, 4) is 0 Å². The van der Waals surface area contributed by atoms with Gasteiger partial charge < -0.3 is 9.88 Å². The number of unbranched alkanes of at least 4 members (excludes halogenated alkanes) is 1. The van der Waals surface area contributed by atoms with Crippen LogP contribution in [0.25, 0.3) is 21.9 Å². The van der Waals surface area contributed by atoms with Crippen LogP contribution >= 0.6 is 0 Å². The SMILES string of the molecule is CCCCn1c(CCC(=O)Nc2cnc3ccccc3c2)nc2cc(S(=O)(=O)N(C)C)ccc21. The number of nitrogens with zero attached hydrogens (tertiary/aromatic N) is 4. The van der Waals surface area contributed by atoms with Crippen LogP contribution in [0.2, 0.25) is 0 Å². The molecular formula is C25H29N5O3S. The van der Waals surface area contributed by atoms with E-state index in [2.05, 4.69) is 21.8 Å².